The van der Waals surface area contributed by atoms with Crippen LogP contribution in [0.1, 0.15) is 22.5 Å². The number of amides is 3. The number of nitrogens with zero attached hydrogens (tertiary/aromatic N) is 7. The van der Waals surface area contributed by atoms with Gasteiger partial charge in [0.1, 0.15) is 17.8 Å². The molecule has 1 atom stereocenters. The molecule has 13 nitrogen and oxygen atoms in total. The molecule has 4 aromatic rings. The number of carbonyl (C=O) groups excluding carboxylic acids is 2. The summed E-state index contributed by atoms with van der Waals surface area (Å²) >= 11 is 0. The molecular formula is C26H24F3N7O6. The number of phenolic OH excluding ortho intramolecular Hbond substituents is 1. The number of likely N-dealkylation sites (tertiary alicyclic amines) is 1. The molecule has 1 aromatic carbocycles. The van der Waals surface area contributed by atoms with Crippen LogP contribution in [0.3, 0.4) is 0 Å². The molecule has 0 radical (unpaired) electrons. The molecule has 0 saturated carbocycles. The van der Waals surface area contributed by atoms with E-state index in [4.69, 9.17) is 4.74 Å². The van der Waals surface area contributed by atoms with Crippen LogP contribution in [0.15, 0.2) is 47.6 Å². The maximum atomic E-state index is 13.3. The Morgan fingerprint density at radius 3 is 2.50 bits per heavy atom. The summed E-state index contributed by atoms with van der Waals surface area (Å²) in [4.78, 5) is 38.8. The number of piperazine rings is 1. The van der Waals surface area contributed by atoms with Gasteiger partial charge in [0.05, 0.1) is 29.1 Å². The van der Waals surface area contributed by atoms with Crippen molar-refractivity contribution in [2.45, 2.75) is 18.7 Å². The predicted octanol–water partition coefficient (Wildman–Crippen LogP) is 2.85. The number of benzene rings is 1. The van der Waals surface area contributed by atoms with Gasteiger partial charge in [0.2, 0.25) is 5.65 Å². The number of aliphatic hydroxyl groups excluding tert-OH is 1. The number of β-amino-alcohol motifs (C(OH)–C–C–N with tert-alkyl or cyclic N) is 1. The van der Waals surface area contributed by atoms with E-state index in [0.29, 0.717) is 32.6 Å². The number of hydrogen-bond donors (Lipinski definition) is 2. The van der Waals surface area contributed by atoms with Gasteiger partial charge in [-0.25, -0.2) is 14.8 Å². The average molecular weight is 588 g/mol. The highest BCUT2D eigenvalue weighted by Crippen LogP contribution is 2.37. The second kappa shape index (κ2) is 10.5. The number of aromatic nitrogens is 4. The molecule has 3 amide bonds. The molecule has 42 heavy (non-hydrogen) atoms. The Morgan fingerprint density at radius 1 is 1.05 bits per heavy atom. The van der Waals surface area contributed by atoms with Crippen LogP contribution in [-0.2, 0) is 6.18 Å². The van der Waals surface area contributed by atoms with Gasteiger partial charge in [0.25, 0.3) is 11.8 Å². The summed E-state index contributed by atoms with van der Waals surface area (Å²) in [7, 11) is 0. The Labute approximate surface area is 235 Å². The molecule has 0 spiro atoms. The van der Waals surface area contributed by atoms with E-state index in [9.17, 15) is 33.0 Å². The van der Waals surface area contributed by atoms with Crippen LogP contribution in [-0.4, -0.2) is 102 Å². The minimum atomic E-state index is -4.74. The smallest absolute Gasteiger partial charge is 0.437 e. The molecule has 2 fully saturated rings. The zero-order chi connectivity index (χ0) is 29.6. The van der Waals surface area contributed by atoms with Gasteiger partial charge >= 0.3 is 12.2 Å². The summed E-state index contributed by atoms with van der Waals surface area (Å²) in [6, 6.07) is 3.89. The number of ether oxygens (including phenoxy) is 1. The first-order chi connectivity index (χ1) is 20.1. The number of carbonyl (C=O) groups is 2. The Balaban J connectivity index is 1.15. The lowest BCUT2D eigenvalue weighted by atomic mass is 10.1. The number of hydrogen-bond acceptors (Lipinski definition) is 9. The SMILES string of the molecule is O=C(c1ccc(Oc2nccn3c(-c4conc4C(F)(F)F)cnc23)cc1O)N1CCN(C(=O)N2CC[C@H](O)C2)CC1. The van der Waals surface area contributed by atoms with Crippen molar-refractivity contribution in [1.29, 1.82) is 0 Å². The van der Waals surface area contributed by atoms with Gasteiger partial charge in [-0.15, -0.1) is 0 Å². The van der Waals surface area contributed by atoms with Crippen LogP contribution in [0.2, 0.25) is 0 Å². The van der Waals surface area contributed by atoms with E-state index >= 15 is 0 Å². The highest BCUT2D eigenvalue weighted by Gasteiger charge is 2.39. The van der Waals surface area contributed by atoms with Crippen LogP contribution >= 0.6 is 0 Å². The first kappa shape index (κ1) is 27.3. The Kier molecular flexibility index (Phi) is 6.84. The number of aliphatic hydroxyl groups is 1. The fourth-order valence-electron chi connectivity index (χ4n) is 5.04. The number of imidazole rings is 1. The summed E-state index contributed by atoms with van der Waals surface area (Å²) in [5, 5.41) is 23.4. The van der Waals surface area contributed by atoms with E-state index in [1.165, 1.54) is 46.1 Å². The topological polar surface area (TPSA) is 150 Å². The summed E-state index contributed by atoms with van der Waals surface area (Å²) in [5.74, 6) is -0.718. The number of aromatic hydroxyl groups is 1. The summed E-state index contributed by atoms with van der Waals surface area (Å²) in [6.07, 6.45) is 0.0755. The molecule has 16 heteroatoms. The number of rotatable bonds is 4. The van der Waals surface area contributed by atoms with Gasteiger partial charge in [-0.3, -0.25) is 9.20 Å². The van der Waals surface area contributed by atoms with E-state index in [0.717, 1.165) is 6.26 Å². The van der Waals surface area contributed by atoms with Gasteiger partial charge in [-0.2, -0.15) is 13.2 Å². The molecule has 2 saturated heterocycles. The van der Waals surface area contributed by atoms with Gasteiger partial charge in [0, 0.05) is 57.7 Å². The molecule has 0 unspecified atom stereocenters. The van der Waals surface area contributed by atoms with Crippen molar-refractivity contribution in [2.75, 3.05) is 39.3 Å². The molecule has 5 heterocycles. The van der Waals surface area contributed by atoms with Crippen LogP contribution < -0.4 is 4.74 Å². The quantitative estimate of drug-likeness (QED) is 0.368. The average Bonchev–Trinajstić information content (AvgIpc) is 3.72. The standard InChI is InChI=1S/C26H24F3N7O6/c27-26(28,29)21-18(14-41-32-21)19-12-31-22-23(30-4-6-36(19)22)42-16-1-2-17(20(38)11-16)24(39)33-7-9-34(10-8-33)25(40)35-5-3-15(37)13-35/h1-2,4,6,11-12,14-15,37-38H,3,5,7-10,13H2/t15-/m0/s1. The maximum absolute atomic E-state index is 13.3. The van der Waals surface area contributed by atoms with E-state index < -0.39 is 23.9 Å². The van der Waals surface area contributed by atoms with Gasteiger partial charge in [-0.1, -0.05) is 5.16 Å². The summed E-state index contributed by atoms with van der Waals surface area (Å²) in [6.45, 7) is 1.98. The van der Waals surface area contributed by atoms with Gasteiger partial charge in [0.15, 0.2) is 5.69 Å². The normalized spacial score (nSPS) is 17.7. The number of urea groups is 1. The molecule has 6 rings (SSSR count). The lowest BCUT2D eigenvalue weighted by Crippen LogP contribution is -2.53. The molecular weight excluding hydrogens is 563 g/mol. The molecule has 2 aliphatic heterocycles. The molecule has 0 aliphatic carbocycles. The first-order valence-electron chi connectivity index (χ1n) is 13.0. The van der Waals surface area contributed by atoms with Crippen molar-refractivity contribution in [3.63, 3.8) is 0 Å². The third kappa shape index (κ3) is 5.04. The van der Waals surface area contributed by atoms with Crippen LogP contribution in [0, 0.1) is 0 Å². The second-order valence-electron chi connectivity index (χ2n) is 9.88. The third-order valence-electron chi connectivity index (χ3n) is 7.20. The number of fused-ring (bicyclic) bond motifs is 1. The highest BCUT2D eigenvalue weighted by atomic mass is 19.4. The van der Waals surface area contributed by atoms with Crippen LogP contribution in [0.4, 0.5) is 18.0 Å². The largest absolute Gasteiger partial charge is 0.507 e. The maximum Gasteiger partial charge on any atom is 0.437 e. The fourth-order valence-corrected chi connectivity index (χ4v) is 5.04. The van der Waals surface area contributed by atoms with Crippen molar-refractivity contribution in [3.8, 4) is 28.6 Å². The highest BCUT2D eigenvalue weighted by molar-refractivity contribution is 5.97. The molecule has 2 N–H and O–H groups in total. The molecule has 3 aromatic heterocycles. The van der Waals surface area contributed by atoms with Gasteiger partial charge in [-0.05, 0) is 18.6 Å². The zero-order valence-electron chi connectivity index (χ0n) is 21.9. The minimum Gasteiger partial charge on any atom is -0.507 e. The number of alkyl halides is 3. The van der Waals surface area contributed by atoms with Crippen molar-refractivity contribution in [2.24, 2.45) is 0 Å². The third-order valence-corrected chi connectivity index (χ3v) is 7.20. The van der Waals surface area contributed by atoms with E-state index in [-0.39, 0.29) is 59.0 Å². The number of halogens is 3. The van der Waals surface area contributed by atoms with E-state index in [1.807, 2.05) is 0 Å². The van der Waals surface area contributed by atoms with Crippen molar-refractivity contribution in [1.82, 2.24) is 34.2 Å². The predicted molar refractivity (Wildman–Crippen MR) is 137 cm³/mol. The van der Waals surface area contributed by atoms with Crippen molar-refractivity contribution >= 4 is 17.6 Å². The molecule has 0 bridgehead atoms. The number of phenols is 1. The molecule has 220 valence electrons. The second-order valence-corrected chi connectivity index (χ2v) is 9.88. The lowest BCUT2D eigenvalue weighted by molar-refractivity contribution is -0.142. The van der Waals surface area contributed by atoms with E-state index in [1.54, 1.807) is 9.80 Å². The van der Waals surface area contributed by atoms with Crippen LogP contribution in [0.25, 0.3) is 16.9 Å². The van der Waals surface area contributed by atoms with Crippen molar-refractivity contribution in [3.05, 3.63) is 54.3 Å². The van der Waals surface area contributed by atoms with Crippen LogP contribution in [0.5, 0.6) is 17.4 Å². The Morgan fingerprint density at radius 2 is 1.81 bits per heavy atom. The fraction of sp³-hybridized carbons (Fsp3) is 0.346. The van der Waals surface area contributed by atoms with Crippen molar-refractivity contribution < 1.29 is 42.2 Å². The monoisotopic (exact) mass is 587 g/mol. The summed E-state index contributed by atoms with van der Waals surface area (Å²) < 4.78 is 51.7. The molecule has 2 aliphatic rings. The minimum absolute atomic E-state index is 0.0335. The summed E-state index contributed by atoms with van der Waals surface area (Å²) in [5.41, 5.74) is -1.33. The Hall–Kier alpha value is -4.86. The van der Waals surface area contributed by atoms with Gasteiger partial charge < -0.3 is 34.2 Å². The first-order valence-corrected chi connectivity index (χ1v) is 13.0. The van der Waals surface area contributed by atoms with E-state index in [2.05, 4.69) is 19.6 Å². The zero-order valence-corrected chi connectivity index (χ0v) is 21.9. The Bertz CT molecular complexity index is 1650. The lowest BCUT2D eigenvalue weighted by Gasteiger charge is -2.36.